The predicted molar refractivity (Wildman–Crippen MR) is 45.1 cm³/mol. The van der Waals surface area contributed by atoms with Crippen molar-refractivity contribution in [2.24, 2.45) is 5.73 Å². The van der Waals surface area contributed by atoms with Gasteiger partial charge in [0.05, 0.1) is 0 Å². The van der Waals surface area contributed by atoms with Crippen LogP contribution >= 0.6 is 0 Å². The van der Waals surface area contributed by atoms with E-state index in [1.807, 2.05) is 0 Å². The Morgan fingerprint density at radius 3 is 2.50 bits per heavy atom. The van der Waals surface area contributed by atoms with Gasteiger partial charge in [-0.05, 0) is 18.1 Å². The van der Waals surface area contributed by atoms with Gasteiger partial charge >= 0.3 is 0 Å². The van der Waals surface area contributed by atoms with Crippen molar-refractivity contribution in [1.82, 2.24) is 0 Å². The molecular formula is C9H11NO2. The molecule has 64 valence electrons. The van der Waals surface area contributed by atoms with Crippen LogP contribution in [0.15, 0.2) is 18.2 Å². The lowest BCUT2D eigenvalue weighted by molar-refractivity contribution is 0.446. The summed E-state index contributed by atoms with van der Waals surface area (Å²) in [4.78, 5) is 0. The average Bonchev–Trinajstić information content (AvgIpc) is 2.66. The number of phenols is 2. The van der Waals surface area contributed by atoms with Gasteiger partial charge in [0.2, 0.25) is 0 Å². The van der Waals surface area contributed by atoms with Gasteiger partial charge < -0.3 is 15.9 Å². The second-order valence-electron chi connectivity index (χ2n) is 3.25. The molecule has 1 fully saturated rings. The van der Waals surface area contributed by atoms with E-state index in [1.165, 1.54) is 6.07 Å². The van der Waals surface area contributed by atoms with E-state index in [2.05, 4.69) is 0 Å². The summed E-state index contributed by atoms with van der Waals surface area (Å²) in [5.41, 5.74) is 6.48. The van der Waals surface area contributed by atoms with E-state index in [9.17, 15) is 5.11 Å². The highest BCUT2D eigenvalue weighted by atomic mass is 16.3. The number of rotatable bonds is 1. The van der Waals surface area contributed by atoms with Gasteiger partial charge in [-0.2, -0.15) is 0 Å². The standard InChI is InChI=1S/C9H11NO2/c10-8-4-7(8)6-2-1-5(11)3-9(6)12/h1-3,7-8,11-12H,4,10H2. The van der Waals surface area contributed by atoms with Crippen LogP contribution < -0.4 is 5.73 Å². The van der Waals surface area contributed by atoms with Crippen molar-refractivity contribution in [3.8, 4) is 11.5 Å². The maximum atomic E-state index is 9.40. The number of hydrogen-bond donors (Lipinski definition) is 3. The third-order valence-electron chi connectivity index (χ3n) is 2.25. The zero-order valence-corrected chi connectivity index (χ0v) is 6.57. The molecule has 3 heteroatoms. The molecule has 2 unspecified atom stereocenters. The fraction of sp³-hybridized carbons (Fsp3) is 0.333. The molecule has 1 aromatic carbocycles. The molecule has 1 saturated carbocycles. The lowest BCUT2D eigenvalue weighted by Crippen LogP contribution is -2.00. The summed E-state index contributed by atoms with van der Waals surface area (Å²) >= 11 is 0. The summed E-state index contributed by atoms with van der Waals surface area (Å²) in [5.74, 6) is 0.518. The highest BCUT2D eigenvalue weighted by molar-refractivity contribution is 5.44. The number of nitrogens with two attached hydrogens (primary N) is 1. The molecule has 1 aliphatic carbocycles. The van der Waals surface area contributed by atoms with Crippen molar-refractivity contribution in [1.29, 1.82) is 0 Å². The lowest BCUT2D eigenvalue weighted by Gasteiger charge is -2.02. The Labute approximate surface area is 70.4 Å². The molecule has 0 aliphatic heterocycles. The van der Waals surface area contributed by atoms with Crippen LogP contribution in [0, 0.1) is 0 Å². The van der Waals surface area contributed by atoms with E-state index in [0.717, 1.165) is 12.0 Å². The summed E-state index contributed by atoms with van der Waals surface area (Å²) in [6.45, 7) is 0. The van der Waals surface area contributed by atoms with Crippen molar-refractivity contribution in [2.75, 3.05) is 0 Å². The van der Waals surface area contributed by atoms with Gasteiger partial charge in [0.15, 0.2) is 0 Å². The molecule has 3 nitrogen and oxygen atoms in total. The van der Waals surface area contributed by atoms with Crippen LogP contribution in [0.25, 0.3) is 0 Å². The van der Waals surface area contributed by atoms with Crippen LogP contribution in [0.2, 0.25) is 0 Å². The second-order valence-corrected chi connectivity index (χ2v) is 3.25. The van der Waals surface area contributed by atoms with Crippen LogP contribution in [0.5, 0.6) is 11.5 Å². The maximum Gasteiger partial charge on any atom is 0.122 e. The molecule has 4 N–H and O–H groups in total. The van der Waals surface area contributed by atoms with E-state index in [0.29, 0.717) is 0 Å². The fourth-order valence-electron chi connectivity index (χ4n) is 1.42. The molecule has 0 amide bonds. The first-order valence-electron chi connectivity index (χ1n) is 3.96. The minimum absolute atomic E-state index is 0.0884. The maximum absolute atomic E-state index is 9.40. The van der Waals surface area contributed by atoms with Gasteiger partial charge in [0.1, 0.15) is 11.5 Å². The molecule has 1 aliphatic rings. The van der Waals surface area contributed by atoms with Crippen molar-refractivity contribution < 1.29 is 10.2 Å². The van der Waals surface area contributed by atoms with Crippen molar-refractivity contribution >= 4 is 0 Å². The topological polar surface area (TPSA) is 66.5 Å². The zero-order chi connectivity index (χ0) is 8.72. The molecular weight excluding hydrogens is 154 g/mol. The molecule has 1 aromatic rings. The molecule has 0 aromatic heterocycles. The van der Waals surface area contributed by atoms with Crippen LogP contribution in [0.1, 0.15) is 17.9 Å². The fourth-order valence-corrected chi connectivity index (χ4v) is 1.42. The largest absolute Gasteiger partial charge is 0.508 e. The smallest absolute Gasteiger partial charge is 0.122 e. The van der Waals surface area contributed by atoms with Gasteiger partial charge in [-0.25, -0.2) is 0 Å². The molecule has 12 heavy (non-hydrogen) atoms. The summed E-state index contributed by atoms with van der Waals surface area (Å²) < 4.78 is 0. The number of aromatic hydroxyl groups is 2. The van der Waals surface area contributed by atoms with Crippen molar-refractivity contribution in [2.45, 2.75) is 18.4 Å². The van der Waals surface area contributed by atoms with Gasteiger partial charge in [-0.15, -0.1) is 0 Å². The normalized spacial score (nSPS) is 27.1. The first kappa shape index (κ1) is 7.43. The van der Waals surface area contributed by atoms with E-state index in [4.69, 9.17) is 10.8 Å². The van der Waals surface area contributed by atoms with Crippen LogP contribution in [-0.2, 0) is 0 Å². The van der Waals surface area contributed by atoms with E-state index in [1.54, 1.807) is 12.1 Å². The Morgan fingerprint density at radius 2 is 2.00 bits per heavy atom. The first-order valence-corrected chi connectivity index (χ1v) is 3.96. The highest BCUT2D eigenvalue weighted by Crippen LogP contribution is 2.43. The summed E-state index contributed by atoms with van der Waals surface area (Å²) in [5, 5.41) is 18.4. The van der Waals surface area contributed by atoms with Crippen molar-refractivity contribution in [3.05, 3.63) is 23.8 Å². The van der Waals surface area contributed by atoms with E-state index < -0.39 is 0 Å². The lowest BCUT2D eigenvalue weighted by atomic mass is 10.1. The molecule has 0 saturated heterocycles. The Balaban J connectivity index is 2.33. The minimum Gasteiger partial charge on any atom is -0.508 e. The quantitative estimate of drug-likeness (QED) is 0.579. The van der Waals surface area contributed by atoms with Crippen LogP contribution in [0.4, 0.5) is 0 Å². The molecule has 2 rings (SSSR count). The Morgan fingerprint density at radius 1 is 1.33 bits per heavy atom. The first-order chi connectivity index (χ1) is 5.68. The monoisotopic (exact) mass is 165 g/mol. The van der Waals surface area contributed by atoms with Crippen LogP contribution in [0.3, 0.4) is 0 Å². The Hall–Kier alpha value is -1.22. The van der Waals surface area contributed by atoms with Gasteiger partial charge in [-0.1, -0.05) is 6.07 Å². The summed E-state index contributed by atoms with van der Waals surface area (Å²) in [6.07, 6.45) is 0.929. The van der Waals surface area contributed by atoms with Gasteiger partial charge in [0, 0.05) is 18.0 Å². The molecule has 0 heterocycles. The number of hydrogen-bond acceptors (Lipinski definition) is 3. The molecule has 0 bridgehead atoms. The number of benzene rings is 1. The van der Waals surface area contributed by atoms with Crippen molar-refractivity contribution in [3.63, 3.8) is 0 Å². The Kier molecular flexibility index (Phi) is 1.48. The number of phenolic OH excluding ortho intramolecular Hbond substituents is 2. The van der Waals surface area contributed by atoms with Crippen LogP contribution in [-0.4, -0.2) is 16.3 Å². The third-order valence-corrected chi connectivity index (χ3v) is 2.25. The average molecular weight is 165 g/mol. The van der Waals surface area contributed by atoms with Gasteiger partial charge in [-0.3, -0.25) is 0 Å². The zero-order valence-electron chi connectivity index (χ0n) is 6.57. The summed E-state index contributed by atoms with van der Waals surface area (Å²) in [6, 6.07) is 4.82. The minimum atomic E-state index is 0.0884. The highest BCUT2D eigenvalue weighted by Gasteiger charge is 2.36. The Bertz CT molecular complexity index is 311. The predicted octanol–water partition coefficient (Wildman–Crippen LogP) is 0.912. The second kappa shape index (κ2) is 2.38. The van der Waals surface area contributed by atoms with Gasteiger partial charge in [0.25, 0.3) is 0 Å². The molecule has 2 atom stereocenters. The van der Waals surface area contributed by atoms with E-state index in [-0.39, 0.29) is 23.5 Å². The SMILES string of the molecule is NC1CC1c1ccc(O)cc1O. The summed E-state index contributed by atoms with van der Waals surface area (Å²) in [7, 11) is 0. The molecule has 0 radical (unpaired) electrons. The molecule has 0 spiro atoms. The van der Waals surface area contributed by atoms with E-state index >= 15 is 0 Å². The third kappa shape index (κ3) is 1.12.